The third kappa shape index (κ3) is 3.24. The predicted octanol–water partition coefficient (Wildman–Crippen LogP) is -0.203. The Bertz CT molecular complexity index is 1010. The molecule has 12 heteroatoms. The Kier molecular flexibility index (Phi) is 4.52. The van der Waals surface area contributed by atoms with Crippen LogP contribution >= 0.6 is 11.5 Å². The van der Waals surface area contributed by atoms with Crippen LogP contribution in [0.3, 0.4) is 0 Å². The van der Waals surface area contributed by atoms with Crippen LogP contribution in [0.15, 0.2) is 17.3 Å². The molecule has 0 aliphatic rings. The van der Waals surface area contributed by atoms with E-state index in [2.05, 4.69) is 25.0 Å². The molecule has 11 nitrogen and oxygen atoms in total. The first kappa shape index (κ1) is 16.7. The van der Waals surface area contributed by atoms with Crippen LogP contribution in [0.25, 0.3) is 11.0 Å². The van der Waals surface area contributed by atoms with E-state index in [4.69, 9.17) is 4.74 Å². The molecule has 0 radical (unpaired) electrons. The zero-order valence-corrected chi connectivity index (χ0v) is 14.1. The molecule has 25 heavy (non-hydrogen) atoms. The highest BCUT2D eigenvalue weighted by Gasteiger charge is 2.20. The Morgan fingerprint density at radius 2 is 2.20 bits per heavy atom. The van der Waals surface area contributed by atoms with Crippen LogP contribution in [0, 0.1) is 0 Å². The Balaban J connectivity index is 1.78. The second kappa shape index (κ2) is 6.76. The molecule has 0 bridgehead atoms. The average molecular weight is 363 g/mol. The minimum atomic E-state index is -0.679. The number of amides is 1. The van der Waals surface area contributed by atoms with Gasteiger partial charge in [-0.25, -0.2) is 9.78 Å². The highest BCUT2D eigenvalue weighted by Crippen LogP contribution is 2.18. The smallest absolute Gasteiger partial charge is 0.362 e. The number of aryl methyl sites for hydroxylation is 1. The highest BCUT2D eigenvalue weighted by molar-refractivity contribution is 7.10. The first-order valence-corrected chi connectivity index (χ1v) is 7.95. The van der Waals surface area contributed by atoms with Crippen molar-refractivity contribution < 1.29 is 14.3 Å². The molecule has 0 spiro atoms. The molecule has 0 unspecified atom stereocenters. The van der Waals surface area contributed by atoms with Gasteiger partial charge in [-0.3, -0.25) is 18.8 Å². The largest absolute Gasteiger partial charge is 0.461 e. The number of fused-ring (bicyclic) bond motifs is 1. The van der Waals surface area contributed by atoms with Gasteiger partial charge in [0.25, 0.3) is 5.56 Å². The lowest BCUT2D eigenvalue weighted by atomic mass is 10.4. The van der Waals surface area contributed by atoms with Crippen LogP contribution in [-0.2, 0) is 23.1 Å². The molecule has 0 fully saturated rings. The molecule has 0 saturated heterocycles. The van der Waals surface area contributed by atoms with E-state index in [1.54, 1.807) is 14.0 Å². The van der Waals surface area contributed by atoms with Crippen molar-refractivity contribution in [1.29, 1.82) is 0 Å². The van der Waals surface area contributed by atoms with Gasteiger partial charge in [-0.2, -0.15) is 5.10 Å². The third-order valence-electron chi connectivity index (χ3n) is 3.24. The van der Waals surface area contributed by atoms with Crippen molar-refractivity contribution in [2.24, 2.45) is 7.05 Å². The molecule has 3 heterocycles. The van der Waals surface area contributed by atoms with E-state index in [1.807, 2.05) is 0 Å². The SMILES string of the molecule is CCOC(=O)c1nnsc1NC(=O)Cn1cnc2c(cnn2C)c1=O. The van der Waals surface area contributed by atoms with Gasteiger partial charge in [0.1, 0.15) is 18.3 Å². The average Bonchev–Trinajstić information content (AvgIpc) is 3.18. The predicted molar refractivity (Wildman–Crippen MR) is 87.3 cm³/mol. The number of carbonyl (C=O) groups excluding carboxylic acids is 2. The molecule has 0 atom stereocenters. The number of carbonyl (C=O) groups is 2. The number of hydrogen-bond acceptors (Lipinski definition) is 9. The summed E-state index contributed by atoms with van der Waals surface area (Å²) in [7, 11) is 1.67. The Hall–Kier alpha value is -3.15. The van der Waals surface area contributed by atoms with Gasteiger partial charge in [0.05, 0.1) is 12.8 Å². The normalized spacial score (nSPS) is 10.8. The fourth-order valence-corrected chi connectivity index (χ4v) is 2.68. The lowest BCUT2D eigenvalue weighted by Gasteiger charge is -2.06. The lowest BCUT2D eigenvalue weighted by Crippen LogP contribution is -2.28. The summed E-state index contributed by atoms with van der Waals surface area (Å²) in [4.78, 5) is 40.4. The van der Waals surface area contributed by atoms with E-state index < -0.39 is 11.9 Å². The minimum absolute atomic E-state index is 0.0756. The maximum absolute atomic E-state index is 12.3. The first-order chi connectivity index (χ1) is 12.0. The summed E-state index contributed by atoms with van der Waals surface area (Å²) in [6.07, 6.45) is 2.66. The molecule has 0 aromatic carbocycles. The van der Waals surface area contributed by atoms with Gasteiger partial charge in [-0.15, -0.1) is 5.10 Å². The molecule has 0 aliphatic heterocycles. The van der Waals surface area contributed by atoms with Crippen LogP contribution in [0.1, 0.15) is 17.4 Å². The van der Waals surface area contributed by atoms with Crippen molar-refractivity contribution in [3.8, 4) is 0 Å². The second-order valence-corrected chi connectivity index (χ2v) is 5.66. The summed E-state index contributed by atoms with van der Waals surface area (Å²) in [5, 5.41) is 10.6. The van der Waals surface area contributed by atoms with Crippen molar-refractivity contribution >= 4 is 39.4 Å². The van der Waals surface area contributed by atoms with Gasteiger partial charge >= 0.3 is 5.97 Å². The molecular weight excluding hydrogens is 350 g/mol. The van der Waals surface area contributed by atoms with Crippen molar-refractivity contribution in [2.45, 2.75) is 13.5 Å². The number of hydrogen-bond donors (Lipinski definition) is 1. The standard InChI is InChI=1S/C13H13N7O4S/c1-3-24-13(23)9-11(25-18-17-9)16-8(21)5-20-6-14-10-7(12(20)22)4-15-19(10)2/h4,6H,3,5H2,1-2H3,(H,16,21). The molecule has 1 amide bonds. The van der Waals surface area contributed by atoms with Crippen LogP contribution < -0.4 is 10.9 Å². The number of esters is 1. The summed E-state index contributed by atoms with van der Waals surface area (Å²) >= 11 is 0.842. The molecule has 1 N–H and O–H groups in total. The maximum Gasteiger partial charge on any atom is 0.362 e. The van der Waals surface area contributed by atoms with Crippen LogP contribution in [0.4, 0.5) is 5.00 Å². The van der Waals surface area contributed by atoms with Crippen molar-refractivity contribution in [3.63, 3.8) is 0 Å². The Labute approximate surface area is 144 Å². The van der Waals surface area contributed by atoms with E-state index in [0.29, 0.717) is 11.0 Å². The number of nitrogens with zero attached hydrogens (tertiary/aromatic N) is 6. The minimum Gasteiger partial charge on any atom is -0.461 e. The van der Waals surface area contributed by atoms with E-state index >= 15 is 0 Å². The fraction of sp³-hybridized carbons (Fsp3) is 0.308. The molecular formula is C13H13N7O4S. The summed E-state index contributed by atoms with van der Waals surface area (Å²) in [6, 6.07) is 0. The summed E-state index contributed by atoms with van der Waals surface area (Å²) in [5.74, 6) is -1.20. The van der Waals surface area contributed by atoms with Crippen molar-refractivity contribution in [2.75, 3.05) is 11.9 Å². The monoisotopic (exact) mass is 363 g/mol. The molecule has 130 valence electrons. The fourth-order valence-electron chi connectivity index (χ4n) is 2.11. The van der Waals surface area contributed by atoms with Crippen LogP contribution in [-0.4, -0.2) is 47.4 Å². The number of rotatable bonds is 5. The van der Waals surface area contributed by atoms with Crippen LogP contribution in [0.2, 0.25) is 0 Å². The van der Waals surface area contributed by atoms with Gasteiger partial charge in [-0.1, -0.05) is 4.49 Å². The maximum atomic E-state index is 12.3. The number of nitrogens with one attached hydrogen (secondary N) is 1. The van der Waals surface area contributed by atoms with E-state index in [-0.39, 0.29) is 29.4 Å². The third-order valence-corrected chi connectivity index (χ3v) is 3.88. The summed E-state index contributed by atoms with van der Waals surface area (Å²) in [6.45, 7) is 1.55. The lowest BCUT2D eigenvalue weighted by molar-refractivity contribution is -0.116. The Morgan fingerprint density at radius 3 is 2.96 bits per heavy atom. The number of ether oxygens (including phenoxy) is 1. The van der Waals surface area contributed by atoms with E-state index in [1.165, 1.54) is 17.2 Å². The number of aromatic nitrogens is 6. The molecule has 3 aromatic rings. The van der Waals surface area contributed by atoms with E-state index in [0.717, 1.165) is 16.1 Å². The second-order valence-electron chi connectivity index (χ2n) is 4.90. The quantitative estimate of drug-likeness (QED) is 0.616. The first-order valence-electron chi connectivity index (χ1n) is 7.17. The highest BCUT2D eigenvalue weighted by atomic mass is 32.1. The van der Waals surface area contributed by atoms with E-state index in [9.17, 15) is 14.4 Å². The van der Waals surface area contributed by atoms with Crippen molar-refractivity contribution in [3.05, 3.63) is 28.6 Å². The summed E-state index contributed by atoms with van der Waals surface area (Å²) < 4.78 is 11.1. The Morgan fingerprint density at radius 1 is 1.40 bits per heavy atom. The zero-order valence-electron chi connectivity index (χ0n) is 13.3. The van der Waals surface area contributed by atoms with Gasteiger partial charge in [0, 0.05) is 18.6 Å². The molecule has 3 aromatic heterocycles. The summed E-state index contributed by atoms with van der Waals surface area (Å²) in [5.41, 5.74) is -0.0346. The topological polar surface area (TPSA) is 134 Å². The zero-order chi connectivity index (χ0) is 18.0. The number of anilines is 1. The molecule has 0 aliphatic carbocycles. The van der Waals surface area contributed by atoms with Crippen molar-refractivity contribution in [1.82, 2.24) is 28.9 Å². The molecule has 3 rings (SSSR count). The van der Waals surface area contributed by atoms with Gasteiger partial charge < -0.3 is 10.1 Å². The van der Waals surface area contributed by atoms with Gasteiger partial charge in [-0.05, 0) is 6.92 Å². The van der Waals surface area contributed by atoms with Crippen LogP contribution in [0.5, 0.6) is 0 Å². The van der Waals surface area contributed by atoms with Gasteiger partial charge in [0.15, 0.2) is 10.6 Å². The molecule has 0 saturated carbocycles. The van der Waals surface area contributed by atoms with Gasteiger partial charge in [0.2, 0.25) is 11.6 Å².